The summed E-state index contributed by atoms with van der Waals surface area (Å²) in [6, 6.07) is 0. The summed E-state index contributed by atoms with van der Waals surface area (Å²) in [5.74, 6) is 0.890. The first kappa shape index (κ1) is 23.1. The fraction of sp³-hybridized carbons (Fsp3) is 0.923. The van der Waals surface area contributed by atoms with Crippen molar-refractivity contribution in [1.82, 2.24) is 0 Å². The molecule has 4 saturated carbocycles. The topological polar surface area (TPSA) is 52.6 Å². The van der Waals surface area contributed by atoms with E-state index < -0.39 is 0 Å². The van der Waals surface area contributed by atoms with Gasteiger partial charge in [0.1, 0.15) is 12.2 Å². The molecular weight excluding hydrogens is 390 g/mol. The van der Waals surface area contributed by atoms with Crippen molar-refractivity contribution in [2.75, 3.05) is 27.2 Å². The van der Waals surface area contributed by atoms with Crippen LogP contribution in [0, 0.1) is 33.5 Å². The minimum Gasteiger partial charge on any atom is -0.458 e. The average molecular weight is 435 g/mol. The number of likely N-dealkylation sites (N-methyl/N-ethyl adjacent to an activating group) is 1. The van der Waals surface area contributed by atoms with Crippen LogP contribution in [-0.4, -0.2) is 55.8 Å². The second kappa shape index (κ2) is 6.95. The van der Waals surface area contributed by atoms with E-state index in [1.165, 1.54) is 12.8 Å². The Hall–Kier alpha value is -1.10. The summed E-state index contributed by atoms with van der Waals surface area (Å²) in [5, 5.41) is 0. The van der Waals surface area contributed by atoms with Crippen LogP contribution in [0.15, 0.2) is 0 Å². The highest BCUT2D eigenvalue weighted by Crippen LogP contribution is 2.67. The van der Waals surface area contributed by atoms with Gasteiger partial charge in [-0.15, -0.1) is 0 Å². The zero-order valence-corrected chi connectivity index (χ0v) is 21.0. The fourth-order valence-electron chi connectivity index (χ4n) is 7.76. The Labute approximate surface area is 188 Å². The number of quaternary nitrogens is 1. The Balaban J connectivity index is 1.30. The average Bonchev–Trinajstić information content (AvgIpc) is 3.12. The molecule has 0 spiro atoms. The quantitative estimate of drug-likeness (QED) is 0.454. The molecule has 176 valence electrons. The molecule has 0 radical (unpaired) electrons. The lowest BCUT2D eigenvalue weighted by Crippen LogP contribution is -2.50. The van der Waals surface area contributed by atoms with E-state index in [2.05, 4.69) is 41.5 Å². The van der Waals surface area contributed by atoms with Crippen LogP contribution in [-0.2, 0) is 19.1 Å². The first-order valence-corrected chi connectivity index (χ1v) is 12.3. The van der Waals surface area contributed by atoms with E-state index in [-0.39, 0.29) is 63.4 Å². The maximum absolute atomic E-state index is 12.8. The molecule has 4 fully saturated rings. The fourth-order valence-corrected chi connectivity index (χ4v) is 7.76. The number of carbonyl (C=O) groups excluding carboxylic acids is 2. The van der Waals surface area contributed by atoms with Crippen LogP contribution in [0.1, 0.15) is 80.1 Å². The van der Waals surface area contributed by atoms with Crippen molar-refractivity contribution >= 4 is 11.9 Å². The zero-order chi connectivity index (χ0) is 23.0. The predicted octanol–water partition coefficient (Wildman–Crippen LogP) is 4.58. The Morgan fingerprint density at radius 1 is 0.742 bits per heavy atom. The summed E-state index contributed by atoms with van der Waals surface area (Å²) in [6.07, 6.45) is 6.68. The molecule has 0 N–H and O–H groups in total. The van der Waals surface area contributed by atoms with Gasteiger partial charge in [0.15, 0.2) is 13.1 Å². The molecule has 4 bridgehead atoms. The van der Waals surface area contributed by atoms with Crippen molar-refractivity contribution in [3.05, 3.63) is 0 Å². The number of esters is 2. The molecule has 31 heavy (non-hydrogen) atoms. The molecule has 0 amide bonds. The van der Waals surface area contributed by atoms with E-state index >= 15 is 0 Å². The Morgan fingerprint density at radius 2 is 1.10 bits per heavy atom. The molecule has 4 aliphatic carbocycles. The molecule has 4 aliphatic rings. The van der Waals surface area contributed by atoms with Gasteiger partial charge in [-0.2, -0.15) is 0 Å². The van der Waals surface area contributed by atoms with Gasteiger partial charge >= 0.3 is 11.9 Å². The van der Waals surface area contributed by atoms with Crippen molar-refractivity contribution in [3.63, 3.8) is 0 Å². The summed E-state index contributed by atoms with van der Waals surface area (Å²) in [7, 11) is 3.84. The lowest BCUT2D eigenvalue weighted by Gasteiger charge is -2.39. The van der Waals surface area contributed by atoms with Gasteiger partial charge in [-0.25, -0.2) is 9.59 Å². The molecule has 0 aliphatic heterocycles. The largest absolute Gasteiger partial charge is 0.458 e. The van der Waals surface area contributed by atoms with E-state index in [4.69, 9.17) is 9.47 Å². The van der Waals surface area contributed by atoms with Crippen LogP contribution in [0.2, 0.25) is 0 Å². The van der Waals surface area contributed by atoms with Crippen LogP contribution < -0.4 is 0 Å². The maximum atomic E-state index is 12.8. The van der Waals surface area contributed by atoms with Gasteiger partial charge < -0.3 is 14.0 Å². The predicted molar refractivity (Wildman–Crippen MR) is 120 cm³/mol. The van der Waals surface area contributed by atoms with Gasteiger partial charge in [0.25, 0.3) is 0 Å². The number of hydrogen-bond acceptors (Lipinski definition) is 4. The Morgan fingerprint density at radius 3 is 1.35 bits per heavy atom. The lowest BCUT2D eigenvalue weighted by molar-refractivity contribution is -0.875. The van der Waals surface area contributed by atoms with E-state index in [1.54, 1.807) is 0 Å². The molecule has 0 aromatic rings. The molecule has 6 atom stereocenters. The van der Waals surface area contributed by atoms with Crippen molar-refractivity contribution in [3.8, 4) is 0 Å². The number of nitrogens with zero attached hydrogens (tertiary/aromatic N) is 1. The van der Waals surface area contributed by atoms with Crippen LogP contribution in [0.25, 0.3) is 0 Å². The van der Waals surface area contributed by atoms with E-state index in [0.29, 0.717) is 11.8 Å². The first-order chi connectivity index (χ1) is 14.1. The molecule has 0 aromatic heterocycles. The highest BCUT2D eigenvalue weighted by atomic mass is 16.6. The zero-order valence-electron chi connectivity index (χ0n) is 21.0. The van der Waals surface area contributed by atoms with Gasteiger partial charge in [-0.1, -0.05) is 41.5 Å². The molecule has 6 unspecified atom stereocenters. The number of fused-ring (bicyclic) bond motifs is 4. The van der Waals surface area contributed by atoms with Crippen molar-refractivity contribution < 1.29 is 23.5 Å². The van der Waals surface area contributed by atoms with Crippen LogP contribution in [0.5, 0.6) is 0 Å². The smallest absolute Gasteiger partial charge is 0.362 e. The molecule has 0 heterocycles. The SMILES string of the molecule is CC1(C)C2CCC1(C)C(OC(=O)C[N+](C)(C)CC(=O)OC1CC3CCC1(C)C3(C)C)C2. The number of carbonyl (C=O) groups is 2. The van der Waals surface area contributed by atoms with Gasteiger partial charge in [-0.05, 0) is 61.2 Å². The molecule has 0 saturated heterocycles. The third kappa shape index (κ3) is 3.36. The van der Waals surface area contributed by atoms with Crippen LogP contribution in [0.3, 0.4) is 0 Å². The first-order valence-electron chi connectivity index (χ1n) is 12.3. The molecule has 5 nitrogen and oxygen atoms in total. The van der Waals surface area contributed by atoms with Crippen molar-refractivity contribution in [2.24, 2.45) is 33.5 Å². The minimum absolute atomic E-state index is 0.00285. The second-order valence-electron chi connectivity index (χ2n) is 13.4. The number of hydrogen-bond donors (Lipinski definition) is 0. The van der Waals surface area contributed by atoms with E-state index in [1.807, 2.05) is 14.1 Å². The summed E-state index contributed by atoms with van der Waals surface area (Å²) in [6.45, 7) is 14.3. The van der Waals surface area contributed by atoms with Gasteiger partial charge in [-0.3, -0.25) is 0 Å². The van der Waals surface area contributed by atoms with Crippen LogP contribution >= 0.6 is 0 Å². The van der Waals surface area contributed by atoms with Gasteiger partial charge in [0, 0.05) is 10.8 Å². The Kier molecular flexibility index (Phi) is 5.17. The number of ether oxygens (including phenoxy) is 2. The third-order valence-corrected chi connectivity index (χ3v) is 11.1. The molecule has 4 rings (SSSR count). The van der Waals surface area contributed by atoms with Crippen molar-refractivity contribution in [2.45, 2.75) is 92.3 Å². The highest BCUT2D eigenvalue weighted by molar-refractivity contribution is 5.73. The maximum Gasteiger partial charge on any atom is 0.362 e. The van der Waals surface area contributed by atoms with Gasteiger partial charge in [0.2, 0.25) is 0 Å². The lowest BCUT2D eigenvalue weighted by atomic mass is 9.70. The van der Waals surface area contributed by atoms with Gasteiger partial charge in [0.05, 0.1) is 14.1 Å². The standard InChI is InChI=1S/C26H44NO4/c1-23(2)17-9-11-25(23,5)19(13-17)30-21(28)15-27(7,8)16-22(29)31-20-14-18-10-12-26(20,6)24(18,3)4/h17-20H,9-16H2,1-8H3/q+1. The second-order valence-corrected chi connectivity index (χ2v) is 13.4. The monoisotopic (exact) mass is 434 g/mol. The molecular formula is C26H44NO4+. The van der Waals surface area contributed by atoms with Crippen LogP contribution in [0.4, 0.5) is 0 Å². The normalized spacial score (nSPS) is 42.1. The van der Waals surface area contributed by atoms with Crippen molar-refractivity contribution in [1.29, 1.82) is 0 Å². The summed E-state index contributed by atoms with van der Waals surface area (Å²) < 4.78 is 12.3. The molecule has 0 aromatic carbocycles. The summed E-state index contributed by atoms with van der Waals surface area (Å²) >= 11 is 0. The number of rotatable bonds is 6. The summed E-state index contributed by atoms with van der Waals surface area (Å²) in [5.41, 5.74) is 0.564. The Bertz CT molecular complexity index is 709. The third-order valence-electron chi connectivity index (χ3n) is 11.1. The molecule has 5 heteroatoms. The minimum atomic E-state index is -0.194. The highest BCUT2D eigenvalue weighted by Gasteiger charge is 2.64. The van der Waals surface area contributed by atoms with E-state index in [0.717, 1.165) is 25.7 Å². The van der Waals surface area contributed by atoms with E-state index in [9.17, 15) is 9.59 Å². The summed E-state index contributed by atoms with van der Waals surface area (Å²) in [4.78, 5) is 25.6.